The Kier molecular flexibility index (Phi) is 32.7. The lowest BCUT2D eigenvalue weighted by molar-refractivity contribution is -0.132. The molecule has 0 unspecified atom stereocenters. The number of rotatable bonds is 32. The monoisotopic (exact) mass is 1360 g/mol. The van der Waals surface area contributed by atoms with E-state index in [1.165, 1.54) is 42.7 Å². The number of methoxy groups -OCH3 is 6. The number of nitrogens with one attached hydrogen (secondary N) is 7. The molecule has 1 aromatic heterocycles. The molecule has 7 amide bonds. The Hall–Kier alpha value is -9.04. The fraction of sp³-hybridized carbons (Fsp3) is 0.507. The van der Waals surface area contributed by atoms with Crippen LogP contribution in [0, 0.1) is 22.7 Å². The number of amides is 7. The van der Waals surface area contributed by atoms with Crippen LogP contribution >= 0.6 is 0 Å². The second kappa shape index (κ2) is 39.4. The third-order valence-corrected chi connectivity index (χ3v) is 15.6. The summed E-state index contributed by atoms with van der Waals surface area (Å²) in [6.45, 7) is 20.4. The second-order valence-corrected chi connectivity index (χ2v) is 27.2. The summed E-state index contributed by atoms with van der Waals surface area (Å²) in [6, 6.07) is 31.1. The van der Waals surface area contributed by atoms with Gasteiger partial charge in [0.2, 0.25) is 23.5 Å². The van der Waals surface area contributed by atoms with Crippen LogP contribution in [0.1, 0.15) is 105 Å². The minimum Gasteiger partial charge on any atom is -0.493 e. The molecule has 0 aliphatic carbocycles. The van der Waals surface area contributed by atoms with E-state index in [-0.39, 0.29) is 50.6 Å². The van der Waals surface area contributed by atoms with Crippen molar-refractivity contribution in [3.05, 3.63) is 144 Å². The maximum absolute atomic E-state index is 14.0. The predicted molar refractivity (Wildman–Crippen MR) is 373 cm³/mol. The van der Waals surface area contributed by atoms with E-state index >= 15 is 0 Å². The number of carbonyl (C=O) groups is 7. The number of pyridine rings is 1. The molecule has 25 heteroatoms. The summed E-state index contributed by atoms with van der Waals surface area (Å²) in [5.74, 6) is -1.66. The van der Waals surface area contributed by atoms with E-state index in [0.29, 0.717) is 36.0 Å². The molecule has 8 atom stereocenters. The van der Waals surface area contributed by atoms with Crippen molar-refractivity contribution < 1.29 is 76.9 Å². The number of nitrogens with zero attached hydrogens (tertiary/aromatic N) is 2. The summed E-state index contributed by atoms with van der Waals surface area (Å²) in [7, 11) is 8.48. The van der Waals surface area contributed by atoms with Crippen molar-refractivity contribution in [1.29, 1.82) is 0 Å². The van der Waals surface area contributed by atoms with Crippen molar-refractivity contribution in [2.75, 3.05) is 62.4 Å². The zero-order valence-corrected chi connectivity index (χ0v) is 59.9. The van der Waals surface area contributed by atoms with Crippen LogP contribution in [-0.2, 0) is 63.9 Å². The molecule has 9 N–H and O–H groups in total. The Morgan fingerprint density at radius 3 is 1.51 bits per heavy atom. The molecule has 0 fully saturated rings. The number of hydrazine groups is 1. The fourth-order valence-electron chi connectivity index (χ4n) is 10.5. The summed E-state index contributed by atoms with van der Waals surface area (Å²) in [6.07, 6.45) is -2.24. The van der Waals surface area contributed by atoms with Gasteiger partial charge in [0.1, 0.15) is 23.7 Å². The van der Waals surface area contributed by atoms with E-state index in [1.807, 2.05) is 138 Å². The third kappa shape index (κ3) is 27.5. The average Bonchev–Trinajstić information content (AvgIpc) is 0.827. The van der Waals surface area contributed by atoms with Crippen molar-refractivity contribution in [1.82, 2.24) is 47.3 Å². The number of aliphatic hydroxyl groups is 2. The lowest BCUT2D eigenvalue weighted by Gasteiger charge is -2.35. The molecule has 538 valence electrons. The number of hydrogen-bond acceptors (Lipinski definition) is 18. The van der Waals surface area contributed by atoms with Crippen LogP contribution in [0.3, 0.4) is 0 Å². The SMILES string of the molecule is COC(=O)N[C@H](C(=O)N[C@@H](Cc1ccccc1)[C@@H](O)CN(Cc1ccc(-c2ccccn2)cc1)NC(=O)[C@@H](NC(=O)OC)C(C)(C)C)C(C)(C)C.COCCNC(=O)[C@@H](NC(=O)[C@H](Cc1cc(OC)c(OC)c(OC)c1)C[C@H](O)[C@H](Cc1ccccc1)NC(=O)OC(C)(C)C)C(C)C. The lowest BCUT2D eigenvalue weighted by atomic mass is 9.85. The molecule has 25 nitrogen and oxygen atoms in total. The van der Waals surface area contributed by atoms with Gasteiger partial charge in [-0.15, -0.1) is 0 Å². The molecule has 0 aliphatic rings. The van der Waals surface area contributed by atoms with Gasteiger partial charge in [-0.3, -0.25) is 29.6 Å². The van der Waals surface area contributed by atoms with E-state index in [4.69, 9.17) is 33.2 Å². The Labute approximate surface area is 577 Å². The van der Waals surface area contributed by atoms with E-state index in [0.717, 1.165) is 27.9 Å². The number of alkyl carbamates (subject to hydrolysis) is 3. The molecule has 4 aromatic carbocycles. The van der Waals surface area contributed by atoms with Crippen molar-refractivity contribution in [2.24, 2.45) is 22.7 Å². The van der Waals surface area contributed by atoms with Gasteiger partial charge in [0.15, 0.2) is 11.5 Å². The minimum absolute atomic E-state index is 0.0497. The summed E-state index contributed by atoms with van der Waals surface area (Å²) < 4.78 is 36.6. The van der Waals surface area contributed by atoms with Gasteiger partial charge in [0, 0.05) is 44.4 Å². The topological polar surface area (TPSA) is 325 Å². The Morgan fingerprint density at radius 2 is 1.05 bits per heavy atom. The number of aliphatic hydroxyl groups excluding tert-OH is 2. The normalized spacial score (nSPS) is 14.0. The van der Waals surface area contributed by atoms with Gasteiger partial charge < -0.3 is 75.3 Å². The van der Waals surface area contributed by atoms with Gasteiger partial charge in [-0.1, -0.05) is 146 Å². The molecular formula is C73H105N9O16. The molecule has 5 aromatic rings. The van der Waals surface area contributed by atoms with Gasteiger partial charge in [0.25, 0.3) is 5.91 Å². The maximum Gasteiger partial charge on any atom is 0.407 e. The first-order valence-corrected chi connectivity index (χ1v) is 32.6. The molecule has 0 spiro atoms. The average molecular weight is 1360 g/mol. The zero-order valence-electron chi connectivity index (χ0n) is 59.9. The first kappa shape index (κ1) is 81.4. The Bertz CT molecular complexity index is 3260. The molecule has 0 saturated heterocycles. The number of benzene rings is 4. The number of hydrogen-bond donors (Lipinski definition) is 9. The number of carbonyl (C=O) groups excluding carboxylic acids is 7. The van der Waals surface area contributed by atoms with Crippen LogP contribution < -0.4 is 51.5 Å². The summed E-state index contributed by atoms with van der Waals surface area (Å²) in [4.78, 5) is 96.3. The molecule has 0 aliphatic heterocycles. The van der Waals surface area contributed by atoms with Crippen LogP contribution in [-0.4, -0.2) is 172 Å². The van der Waals surface area contributed by atoms with Crippen LogP contribution in [0.25, 0.3) is 11.3 Å². The van der Waals surface area contributed by atoms with Gasteiger partial charge in [-0.05, 0) is 110 Å². The summed E-state index contributed by atoms with van der Waals surface area (Å²) in [5.41, 5.74) is 5.68. The van der Waals surface area contributed by atoms with E-state index in [1.54, 1.807) is 64.9 Å². The highest BCUT2D eigenvalue weighted by atomic mass is 16.6. The second-order valence-electron chi connectivity index (χ2n) is 27.2. The van der Waals surface area contributed by atoms with Crippen LogP contribution in [0.5, 0.6) is 17.2 Å². The maximum atomic E-state index is 14.0. The Morgan fingerprint density at radius 1 is 0.531 bits per heavy atom. The van der Waals surface area contributed by atoms with Crippen molar-refractivity contribution in [3.63, 3.8) is 0 Å². The third-order valence-electron chi connectivity index (χ3n) is 15.6. The predicted octanol–water partition coefficient (Wildman–Crippen LogP) is 7.87. The summed E-state index contributed by atoms with van der Waals surface area (Å²) >= 11 is 0. The number of ether oxygens (including phenoxy) is 7. The van der Waals surface area contributed by atoms with E-state index < -0.39 is 101 Å². The molecule has 5 rings (SSSR count). The summed E-state index contributed by atoms with van der Waals surface area (Å²) in [5, 5.41) is 41.8. The van der Waals surface area contributed by atoms with Crippen LogP contribution in [0.2, 0.25) is 0 Å². The van der Waals surface area contributed by atoms with Crippen LogP contribution in [0.4, 0.5) is 14.4 Å². The van der Waals surface area contributed by atoms with Crippen LogP contribution in [0.15, 0.2) is 121 Å². The van der Waals surface area contributed by atoms with E-state index in [2.05, 4.69) is 42.3 Å². The highest BCUT2D eigenvalue weighted by molar-refractivity contribution is 5.89. The first-order valence-electron chi connectivity index (χ1n) is 32.6. The smallest absolute Gasteiger partial charge is 0.407 e. The Balaban J connectivity index is 0.000000418. The van der Waals surface area contributed by atoms with E-state index in [9.17, 15) is 43.8 Å². The first-order chi connectivity index (χ1) is 46.2. The van der Waals surface area contributed by atoms with Crippen molar-refractivity contribution in [3.8, 4) is 28.5 Å². The number of aromatic nitrogens is 1. The molecular weight excluding hydrogens is 1260 g/mol. The van der Waals surface area contributed by atoms with Gasteiger partial charge in [0.05, 0.1) is 72.1 Å². The minimum atomic E-state index is -1.22. The zero-order chi connectivity index (χ0) is 72.9. The molecule has 98 heavy (non-hydrogen) atoms. The lowest BCUT2D eigenvalue weighted by Crippen LogP contribution is -2.60. The quantitative estimate of drug-likeness (QED) is 0.0112. The molecule has 1 heterocycles. The highest BCUT2D eigenvalue weighted by Crippen LogP contribution is 2.39. The van der Waals surface area contributed by atoms with Crippen molar-refractivity contribution in [2.45, 2.75) is 156 Å². The molecule has 0 saturated carbocycles. The molecule has 0 radical (unpaired) electrons. The van der Waals surface area contributed by atoms with Gasteiger partial charge in [-0.25, -0.2) is 19.4 Å². The largest absolute Gasteiger partial charge is 0.493 e. The standard InChI is InChI=1S/C38H52N6O7.C35H53N3O9/c1-37(2,3)31(41-35(48)50-7)33(46)40-29(22-25-14-10-9-11-15-25)30(45)24-44(43-34(47)32(38(4,5)6)42-36(49)51-8)23-26-17-19-27(20-18-26)28-16-12-13-21-39-28;1-22(2)30(33(41)36-15-16-43-6)38-32(40)25(17-24-19-28(44-7)31(46-9)29(20-24)45-8)21-27(39)26(18-23-13-11-10-12-14-23)37-34(42)47-35(3,4)5/h9-21,29-32,45H,22-24H2,1-8H3,(H,40,46)(H,41,48)(H,42,49)(H,43,47);10-14,19-20,22,25-27,30,39H,15-18,21H2,1-9H3,(H,36,41)(H,37,42)(H,38,40)/t29-,30-,31+,32+;25-,26+,27+,30+/m01/s1. The van der Waals surface area contributed by atoms with Gasteiger partial charge in [-0.2, -0.15) is 0 Å². The fourth-order valence-corrected chi connectivity index (χ4v) is 10.5. The van der Waals surface area contributed by atoms with Crippen molar-refractivity contribution >= 4 is 41.9 Å². The van der Waals surface area contributed by atoms with Gasteiger partial charge >= 0.3 is 18.3 Å². The molecule has 0 bridgehead atoms. The highest BCUT2D eigenvalue weighted by Gasteiger charge is 2.39.